The highest BCUT2D eigenvalue weighted by Gasteiger charge is 2.12. The van der Waals surface area contributed by atoms with Gasteiger partial charge in [0.25, 0.3) is 0 Å². The molecule has 0 aliphatic carbocycles. The molecule has 27 heavy (non-hydrogen) atoms. The van der Waals surface area contributed by atoms with Crippen LogP contribution in [0.1, 0.15) is 22.3 Å². The summed E-state index contributed by atoms with van der Waals surface area (Å²) < 4.78 is 16.0. The molecule has 0 amide bonds. The van der Waals surface area contributed by atoms with Gasteiger partial charge >= 0.3 is 11.6 Å². The number of esters is 1. The molecule has 0 aliphatic rings. The van der Waals surface area contributed by atoms with Crippen molar-refractivity contribution in [3.8, 4) is 5.75 Å². The van der Waals surface area contributed by atoms with Gasteiger partial charge in [-0.3, -0.25) is 0 Å². The Morgan fingerprint density at radius 1 is 1.07 bits per heavy atom. The van der Waals surface area contributed by atoms with Gasteiger partial charge in [-0.25, -0.2) is 9.59 Å². The van der Waals surface area contributed by atoms with Gasteiger partial charge in [0.15, 0.2) is 6.61 Å². The molecule has 6 heteroatoms. The molecule has 0 radical (unpaired) electrons. The van der Waals surface area contributed by atoms with E-state index in [0.29, 0.717) is 21.9 Å². The first-order chi connectivity index (χ1) is 12.8. The fraction of sp³-hybridized carbons (Fsp3) is 0.238. The van der Waals surface area contributed by atoms with E-state index >= 15 is 0 Å². The van der Waals surface area contributed by atoms with Gasteiger partial charge in [0, 0.05) is 22.0 Å². The molecule has 1 heterocycles. The normalized spacial score (nSPS) is 10.8. The van der Waals surface area contributed by atoms with Crippen LogP contribution in [-0.2, 0) is 16.1 Å². The number of rotatable bonds is 5. The molecule has 0 bridgehead atoms. The molecular weight excluding hydrogens is 368 g/mol. The lowest BCUT2D eigenvalue weighted by Crippen LogP contribution is -2.15. The maximum atomic E-state index is 12.0. The molecule has 0 saturated heterocycles. The number of fused-ring (bicyclic) bond motifs is 1. The maximum absolute atomic E-state index is 12.0. The fourth-order valence-corrected chi connectivity index (χ4v) is 2.81. The monoisotopic (exact) mass is 386 g/mol. The lowest BCUT2D eigenvalue weighted by molar-refractivity contribution is -0.147. The molecule has 0 aliphatic heterocycles. The Bertz CT molecular complexity index is 1070. The molecular formula is C21H19ClO5. The molecule has 140 valence electrons. The van der Waals surface area contributed by atoms with Crippen LogP contribution in [-0.4, -0.2) is 12.6 Å². The van der Waals surface area contributed by atoms with E-state index in [1.807, 2.05) is 32.9 Å². The molecule has 0 N–H and O–H groups in total. The number of halogens is 1. The van der Waals surface area contributed by atoms with E-state index in [1.54, 1.807) is 18.2 Å². The van der Waals surface area contributed by atoms with Crippen molar-refractivity contribution in [3.05, 3.63) is 74.1 Å². The smallest absolute Gasteiger partial charge is 0.344 e. The lowest BCUT2D eigenvalue weighted by Gasteiger charge is -2.10. The van der Waals surface area contributed by atoms with Crippen LogP contribution >= 0.6 is 11.6 Å². The summed E-state index contributed by atoms with van der Waals surface area (Å²) >= 11 is 5.96. The first-order valence-electron chi connectivity index (χ1n) is 8.42. The van der Waals surface area contributed by atoms with Crippen LogP contribution in [0.3, 0.4) is 0 Å². The summed E-state index contributed by atoms with van der Waals surface area (Å²) in [7, 11) is 0. The van der Waals surface area contributed by atoms with Crippen LogP contribution in [0.5, 0.6) is 5.75 Å². The number of carbonyl (C=O) groups excluding carboxylic acids is 1. The molecule has 1 aromatic heterocycles. The highest BCUT2D eigenvalue weighted by atomic mass is 35.5. The zero-order valence-electron chi connectivity index (χ0n) is 15.3. The van der Waals surface area contributed by atoms with Crippen molar-refractivity contribution in [3.63, 3.8) is 0 Å². The average molecular weight is 387 g/mol. The van der Waals surface area contributed by atoms with Gasteiger partial charge in [-0.1, -0.05) is 23.7 Å². The van der Waals surface area contributed by atoms with Crippen molar-refractivity contribution in [2.45, 2.75) is 27.4 Å². The molecule has 5 nitrogen and oxygen atoms in total. The molecule has 2 aromatic carbocycles. The third-order valence-electron chi connectivity index (χ3n) is 4.39. The summed E-state index contributed by atoms with van der Waals surface area (Å²) in [6, 6.07) is 10.3. The number of hydrogen-bond acceptors (Lipinski definition) is 5. The van der Waals surface area contributed by atoms with E-state index < -0.39 is 11.6 Å². The Morgan fingerprint density at radius 2 is 1.85 bits per heavy atom. The predicted octanol–water partition coefficient (Wildman–Crippen LogP) is 4.49. The summed E-state index contributed by atoms with van der Waals surface area (Å²) in [6.07, 6.45) is 0. The minimum Gasteiger partial charge on any atom is -0.482 e. The summed E-state index contributed by atoms with van der Waals surface area (Å²) in [5.41, 5.74) is 3.40. The Labute approximate surface area is 161 Å². The van der Waals surface area contributed by atoms with Crippen LogP contribution in [0.2, 0.25) is 5.02 Å². The Kier molecular flexibility index (Phi) is 5.51. The van der Waals surface area contributed by atoms with E-state index in [0.717, 1.165) is 22.1 Å². The van der Waals surface area contributed by atoms with E-state index in [-0.39, 0.29) is 13.2 Å². The van der Waals surface area contributed by atoms with Crippen molar-refractivity contribution in [1.29, 1.82) is 0 Å². The van der Waals surface area contributed by atoms with Crippen molar-refractivity contribution in [2.75, 3.05) is 6.61 Å². The van der Waals surface area contributed by atoms with Gasteiger partial charge in [0.1, 0.15) is 17.9 Å². The molecule has 0 saturated carbocycles. The first-order valence-corrected chi connectivity index (χ1v) is 8.80. The number of benzene rings is 2. The Morgan fingerprint density at radius 3 is 2.59 bits per heavy atom. The quantitative estimate of drug-likeness (QED) is 0.477. The summed E-state index contributed by atoms with van der Waals surface area (Å²) in [5.74, 6) is -0.00131. The number of carbonyl (C=O) groups is 1. The second-order valence-electron chi connectivity index (χ2n) is 6.34. The summed E-state index contributed by atoms with van der Waals surface area (Å²) in [6.45, 7) is 5.41. The highest BCUT2D eigenvalue weighted by Crippen LogP contribution is 2.24. The zero-order valence-corrected chi connectivity index (χ0v) is 16.1. The third-order valence-corrected chi connectivity index (χ3v) is 4.82. The second kappa shape index (κ2) is 7.84. The van der Waals surface area contributed by atoms with E-state index in [4.69, 9.17) is 25.5 Å². The first kappa shape index (κ1) is 19.0. The van der Waals surface area contributed by atoms with Gasteiger partial charge in [0.2, 0.25) is 0 Å². The highest BCUT2D eigenvalue weighted by molar-refractivity contribution is 6.31. The summed E-state index contributed by atoms with van der Waals surface area (Å²) in [5, 5.41) is 1.38. The van der Waals surface area contributed by atoms with Crippen LogP contribution in [0.15, 0.2) is 45.6 Å². The Hall–Kier alpha value is -2.79. The van der Waals surface area contributed by atoms with Crippen LogP contribution in [0, 0.1) is 20.8 Å². The molecule has 0 fully saturated rings. The maximum Gasteiger partial charge on any atom is 0.344 e. The lowest BCUT2D eigenvalue weighted by atomic mass is 10.0. The van der Waals surface area contributed by atoms with Crippen molar-refractivity contribution < 1.29 is 18.7 Å². The van der Waals surface area contributed by atoms with E-state index in [9.17, 15) is 9.59 Å². The molecule has 3 aromatic rings. The van der Waals surface area contributed by atoms with Gasteiger partial charge in [-0.15, -0.1) is 0 Å². The minimum absolute atomic E-state index is 0.0353. The van der Waals surface area contributed by atoms with Gasteiger partial charge < -0.3 is 13.9 Å². The Balaban J connectivity index is 1.69. The zero-order chi connectivity index (χ0) is 19.6. The number of aryl methyl sites for hydroxylation is 3. The van der Waals surface area contributed by atoms with Crippen molar-refractivity contribution in [2.24, 2.45) is 0 Å². The van der Waals surface area contributed by atoms with Gasteiger partial charge in [-0.05, 0) is 55.7 Å². The molecule has 3 rings (SSSR count). The summed E-state index contributed by atoms with van der Waals surface area (Å²) in [4.78, 5) is 23.8. The van der Waals surface area contributed by atoms with E-state index in [2.05, 4.69) is 0 Å². The third kappa shape index (κ3) is 4.31. The standard InChI is InChI=1S/C21H19ClO5/c1-12-4-6-17-15(9-19(23)27-21(17)14(12)3)10-26-20(24)11-25-16-5-7-18(22)13(2)8-16/h4-9H,10-11H2,1-3H3. The molecule has 0 unspecified atom stereocenters. The second-order valence-corrected chi connectivity index (χ2v) is 6.74. The van der Waals surface area contributed by atoms with Gasteiger partial charge in [0.05, 0.1) is 0 Å². The van der Waals surface area contributed by atoms with Crippen LogP contribution in [0.4, 0.5) is 0 Å². The van der Waals surface area contributed by atoms with Crippen LogP contribution < -0.4 is 10.4 Å². The minimum atomic E-state index is -0.534. The SMILES string of the molecule is Cc1cc(OCC(=O)OCc2cc(=O)oc3c(C)c(C)ccc23)ccc1Cl. The topological polar surface area (TPSA) is 65.7 Å². The fourth-order valence-electron chi connectivity index (χ4n) is 2.69. The predicted molar refractivity (Wildman–Crippen MR) is 103 cm³/mol. The van der Waals surface area contributed by atoms with Crippen molar-refractivity contribution >= 4 is 28.5 Å². The molecule has 0 atom stereocenters. The van der Waals surface area contributed by atoms with Gasteiger partial charge in [-0.2, -0.15) is 0 Å². The van der Waals surface area contributed by atoms with Crippen molar-refractivity contribution in [1.82, 2.24) is 0 Å². The van der Waals surface area contributed by atoms with E-state index in [1.165, 1.54) is 6.07 Å². The van der Waals surface area contributed by atoms with Crippen LogP contribution in [0.25, 0.3) is 11.0 Å². The largest absolute Gasteiger partial charge is 0.482 e. The average Bonchev–Trinajstić information content (AvgIpc) is 2.64. The molecule has 0 spiro atoms. The number of ether oxygens (including phenoxy) is 2. The number of hydrogen-bond donors (Lipinski definition) is 0.